The molecule has 1 aromatic carbocycles. The fourth-order valence-electron chi connectivity index (χ4n) is 2.34. The van der Waals surface area contributed by atoms with Gasteiger partial charge in [0.25, 0.3) is 0 Å². The molecule has 0 aliphatic carbocycles. The maximum Gasteiger partial charge on any atom is 0.330 e. The predicted molar refractivity (Wildman–Crippen MR) is 88.9 cm³/mol. The van der Waals surface area contributed by atoms with E-state index < -0.39 is 7.60 Å². The molecule has 3 N–H and O–H groups in total. The van der Waals surface area contributed by atoms with Crippen molar-refractivity contribution in [3.63, 3.8) is 0 Å². The summed E-state index contributed by atoms with van der Waals surface area (Å²) in [5.41, 5.74) is 1.78. The van der Waals surface area contributed by atoms with Gasteiger partial charge < -0.3 is 15.1 Å². The zero-order valence-electron chi connectivity index (χ0n) is 13.3. The third-order valence-corrected chi connectivity index (χ3v) is 4.28. The van der Waals surface area contributed by atoms with E-state index in [1.54, 1.807) is 25.1 Å². The first-order valence-corrected chi connectivity index (χ1v) is 9.56. The van der Waals surface area contributed by atoms with E-state index in [9.17, 15) is 19.1 Å². The Hall–Kier alpha value is -1.16. The molecule has 0 atom stereocenters. The Bertz CT molecular complexity index is 539. The van der Waals surface area contributed by atoms with Crippen LogP contribution in [0, 0.1) is 6.92 Å². The van der Waals surface area contributed by atoms with Gasteiger partial charge in [-0.1, -0.05) is 44.7 Å². The molecular weight excluding hydrogens is 301 g/mol. The molecule has 0 aromatic heterocycles. The van der Waals surface area contributed by atoms with E-state index in [0.29, 0.717) is 17.7 Å². The molecule has 0 unspecified atom stereocenters. The first-order valence-electron chi connectivity index (χ1n) is 7.76. The topological polar surface area (TPSA) is 86.6 Å². The number of hydrogen-bond acceptors (Lipinski definition) is 2. The van der Waals surface area contributed by atoms with Gasteiger partial charge in [0.1, 0.15) is 0 Å². The first kappa shape index (κ1) is 18.9. The molecule has 0 saturated heterocycles. The highest BCUT2D eigenvalue weighted by Gasteiger charge is 2.19. The highest BCUT2D eigenvalue weighted by atomic mass is 31.2. The summed E-state index contributed by atoms with van der Waals surface area (Å²) in [5.74, 6) is -0.103. The average molecular weight is 327 g/mol. The summed E-state index contributed by atoms with van der Waals surface area (Å²) in [6.45, 7) is 3.93. The van der Waals surface area contributed by atoms with Crippen LogP contribution in [0.1, 0.15) is 56.6 Å². The molecule has 5 nitrogen and oxygen atoms in total. The van der Waals surface area contributed by atoms with Crippen molar-refractivity contribution >= 4 is 19.2 Å². The van der Waals surface area contributed by atoms with Crippen molar-refractivity contribution in [1.82, 2.24) is 0 Å². The van der Waals surface area contributed by atoms with Gasteiger partial charge in [-0.25, -0.2) is 0 Å². The van der Waals surface area contributed by atoms with E-state index in [4.69, 9.17) is 0 Å². The predicted octanol–water partition coefficient (Wildman–Crippen LogP) is 3.97. The van der Waals surface area contributed by atoms with Crippen LogP contribution in [0.25, 0.3) is 0 Å². The second-order valence-corrected chi connectivity index (χ2v) is 7.28. The summed E-state index contributed by atoms with van der Waals surface area (Å²) in [6.07, 6.45) is 5.44. The van der Waals surface area contributed by atoms with Crippen LogP contribution in [0.5, 0.6) is 0 Å². The van der Waals surface area contributed by atoms with Gasteiger partial charge >= 0.3 is 7.60 Å². The average Bonchev–Trinajstić information content (AvgIpc) is 2.41. The van der Waals surface area contributed by atoms with Crippen molar-refractivity contribution in [2.75, 3.05) is 5.32 Å². The van der Waals surface area contributed by atoms with Gasteiger partial charge in [-0.3, -0.25) is 9.36 Å². The molecular formula is C16H26NO4P. The van der Waals surface area contributed by atoms with Gasteiger partial charge in [-0.05, 0) is 30.5 Å². The zero-order chi connectivity index (χ0) is 16.6. The van der Waals surface area contributed by atoms with Crippen molar-refractivity contribution in [2.45, 2.75) is 58.5 Å². The number of carbonyl (C=O) groups excluding carboxylic acids is 1. The number of amides is 1. The maximum atomic E-state index is 12.0. The summed E-state index contributed by atoms with van der Waals surface area (Å²) in [4.78, 5) is 30.3. The Morgan fingerprint density at radius 3 is 2.50 bits per heavy atom. The minimum atomic E-state index is -4.17. The van der Waals surface area contributed by atoms with Crippen molar-refractivity contribution in [1.29, 1.82) is 0 Å². The molecule has 124 valence electrons. The molecule has 0 aliphatic rings. The van der Waals surface area contributed by atoms with Crippen LogP contribution < -0.4 is 5.32 Å². The lowest BCUT2D eigenvalue weighted by molar-refractivity contribution is -0.116. The molecule has 1 amide bonds. The van der Waals surface area contributed by atoms with E-state index in [1.165, 1.54) is 12.8 Å². The molecule has 6 heteroatoms. The van der Waals surface area contributed by atoms with E-state index >= 15 is 0 Å². The maximum absolute atomic E-state index is 12.0. The van der Waals surface area contributed by atoms with Crippen LogP contribution in [-0.2, 0) is 15.5 Å². The fourth-order valence-corrected chi connectivity index (χ4v) is 3.17. The van der Waals surface area contributed by atoms with E-state index in [-0.39, 0.29) is 12.1 Å². The third-order valence-electron chi connectivity index (χ3n) is 3.56. The number of rotatable bonds is 9. The van der Waals surface area contributed by atoms with Crippen LogP contribution in [0.4, 0.5) is 5.69 Å². The number of benzene rings is 1. The van der Waals surface area contributed by atoms with Crippen molar-refractivity contribution in [2.24, 2.45) is 0 Å². The lowest BCUT2D eigenvalue weighted by atomic mass is 10.1. The van der Waals surface area contributed by atoms with Gasteiger partial charge in [0.05, 0.1) is 6.16 Å². The standard InChI is InChI=1S/C16H26NO4P/c1-3-4-5-6-7-11-16(18)17-15-10-8-9-13(2)14(15)12-22(19,20)21/h8-10H,3-7,11-12H2,1-2H3,(H,17,18)(H2,19,20,21). The summed E-state index contributed by atoms with van der Waals surface area (Å²) < 4.78 is 11.2. The minimum Gasteiger partial charge on any atom is -0.326 e. The van der Waals surface area contributed by atoms with Gasteiger partial charge in [-0.2, -0.15) is 0 Å². The SMILES string of the molecule is CCCCCCCC(=O)Nc1cccc(C)c1CP(=O)(O)O. The Morgan fingerprint density at radius 1 is 1.18 bits per heavy atom. The summed E-state index contributed by atoms with van der Waals surface area (Å²) in [6, 6.07) is 5.24. The molecule has 0 aliphatic heterocycles. The van der Waals surface area contributed by atoms with Gasteiger partial charge in [0.15, 0.2) is 0 Å². The molecule has 1 aromatic rings. The van der Waals surface area contributed by atoms with E-state index in [2.05, 4.69) is 12.2 Å². The molecule has 0 saturated carbocycles. The Morgan fingerprint density at radius 2 is 1.86 bits per heavy atom. The second-order valence-electron chi connectivity index (χ2n) is 5.64. The van der Waals surface area contributed by atoms with Crippen LogP contribution in [0.3, 0.4) is 0 Å². The van der Waals surface area contributed by atoms with Crippen molar-refractivity contribution < 1.29 is 19.1 Å². The highest BCUT2D eigenvalue weighted by molar-refractivity contribution is 7.50. The zero-order valence-corrected chi connectivity index (χ0v) is 14.2. The van der Waals surface area contributed by atoms with Crippen LogP contribution >= 0.6 is 7.60 Å². The summed E-state index contributed by atoms with van der Waals surface area (Å²) in [5, 5.41) is 2.78. The molecule has 0 spiro atoms. The molecule has 0 fully saturated rings. The van der Waals surface area contributed by atoms with E-state index in [1.807, 2.05) is 0 Å². The number of hydrogen-bond donors (Lipinski definition) is 3. The Kier molecular flexibility index (Phi) is 7.80. The number of aryl methyl sites for hydroxylation is 1. The van der Waals surface area contributed by atoms with Crippen LogP contribution in [0.2, 0.25) is 0 Å². The first-order chi connectivity index (χ1) is 10.3. The monoisotopic (exact) mass is 327 g/mol. The molecule has 0 bridgehead atoms. The van der Waals surface area contributed by atoms with E-state index in [0.717, 1.165) is 24.8 Å². The quantitative estimate of drug-likeness (QED) is 0.473. The molecule has 0 heterocycles. The smallest absolute Gasteiger partial charge is 0.326 e. The van der Waals surface area contributed by atoms with Crippen molar-refractivity contribution in [3.05, 3.63) is 29.3 Å². The van der Waals surface area contributed by atoms with Crippen molar-refractivity contribution in [3.8, 4) is 0 Å². The van der Waals surface area contributed by atoms with Crippen LogP contribution in [0.15, 0.2) is 18.2 Å². The van der Waals surface area contributed by atoms with Gasteiger partial charge in [-0.15, -0.1) is 0 Å². The van der Waals surface area contributed by atoms with Gasteiger partial charge in [0, 0.05) is 12.1 Å². The normalized spacial score (nSPS) is 11.5. The number of nitrogens with one attached hydrogen (secondary N) is 1. The summed E-state index contributed by atoms with van der Waals surface area (Å²) in [7, 11) is -4.17. The lowest BCUT2D eigenvalue weighted by Gasteiger charge is -2.14. The number of anilines is 1. The molecule has 0 radical (unpaired) electrons. The number of unbranched alkanes of at least 4 members (excludes halogenated alkanes) is 4. The Balaban J connectivity index is 2.63. The summed E-state index contributed by atoms with van der Waals surface area (Å²) >= 11 is 0. The number of carbonyl (C=O) groups is 1. The third kappa shape index (κ3) is 7.21. The second kappa shape index (κ2) is 9.09. The minimum absolute atomic E-state index is 0.103. The fraction of sp³-hybridized carbons (Fsp3) is 0.562. The largest absolute Gasteiger partial charge is 0.330 e. The molecule has 1 rings (SSSR count). The highest BCUT2D eigenvalue weighted by Crippen LogP contribution is 2.42. The lowest BCUT2D eigenvalue weighted by Crippen LogP contribution is -2.13. The van der Waals surface area contributed by atoms with Gasteiger partial charge in [0.2, 0.25) is 5.91 Å². The Labute approximate surface area is 132 Å². The molecule has 22 heavy (non-hydrogen) atoms. The van der Waals surface area contributed by atoms with Crippen LogP contribution in [-0.4, -0.2) is 15.7 Å².